The van der Waals surface area contributed by atoms with E-state index in [0.717, 1.165) is 18.7 Å². The van der Waals surface area contributed by atoms with Crippen LogP contribution in [-0.2, 0) is 11.2 Å². The van der Waals surface area contributed by atoms with Gasteiger partial charge in [-0.25, -0.2) is 0 Å². The lowest BCUT2D eigenvalue weighted by Crippen LogP contribution is -2.40. The zero-order valence-electron chi connectivity index (χ0n) is 11.6. The highest BCUT2D eigenvalue weighted by molar-refractivity contribution is 5.78. The molecule has 4 heteroatoms. The molecule has 0 aliphatic carbocycles. The van der Waals surface area contributed by atoms with Crippen LogP contribution in [0.4, 0.5) is 0 Å². The van der Waals surface area contributed by atoms with Crippen LogP contribution in [-0.4, -0.2) is 31.6 Å². The van der Waals surface area contributed by atoms with Gasteiger partial charge in [0, 0.05) is 18.9 Å². The maximum absolute atomic E-state index is 11.9. The second kappa shape index (κ2) is 6.57. The van der Waals surface area contributed by atoms with Crippen LogP contribution in [0.15, 0.2) is 24.3 Å². The van der Waals surface area contributed by atoms with E-state index >= 15 is 0 Å². The van der Waals surface area contributed by atoms with Gasteiger partial charge in [-0.05, 0) is 18.2 Å². The number of hydrogen-bond donors (Lipinski definition) is 2. The number of amides is 1. The molecule has 0 saturated heterocycles. The van der Waals surface area contributed by atoms with E-state index < -0.39 is 0 Å². The molecule has 1 aromatic rings. The van der Waals surface area contributed by atoms with E-state index in [4.69, 9.17) is 4.74 Å². The summed E-state index contributed by atoms with van der Waals surface area (Å²) in [5.41, 5.74) is 1.22. The fourth-order valence-electron chi connectivity index (χ4n) is 2.21. The van der Waals surface area contributed by atoms with Crippen molar-refractivity contribution in [2.45, 2.75) is 26.4 Å². The Balaban J connectivity index is 1.74. The van der Waals surface area contributed by atoms with Crippen molar-refractivity contribution in [3.8, 4) is 5.75 Å². The third-order valence-electron chi connectivity index (χ3n) is 3.37. The highest BCUT2D eigenvalue weighted by atomic mass is 16.5. The number of fused-ring (bicyclic) bond motifs is 1. The largest absolute Gasteiger partial charge is 0.488 e. The van der Waals surface area contributed by atoms with Gasteiger partial charge >= 0.3 is 0 Å². The third kappa shape index (κ3) is 3.70. The smallest absolute Gasteiger partial charge is 0.224 e. The molecule has 1 heterocycles. The van der Waals surface area contributed by atoms with Gasteiger partial charge in [0.25, 0.3) is 0 Å². The summed E-state index contributed by atoms with van der Waals surface area (Å²) in [5, 5.41) is 6.14. The molecule has 4 nitrogen and oxygen atoms in total. The summed E-state index contributed by atoms with van der Waals surface area (Å²) in [6.07, 6.45) is 0.936. The molecule has 0 spiro atoms. The predicted octanol–water partition coefficient (Wildman–Crippen LogP) is 1.35. The van der Waals surface area contributed by atoms with Crippen molar-refractivity contribution in [1.29, 1.82) is 0 Å². The quantitative estimate of drug-likeness (QED) is 0.813. The maximum Gasteiger partial charge on any atom is 0.224 e. The molecule has 1 aliphatic rings. The monoisotopic (exact) mass is 262 g/mol. The van der Waals surface area contributed by atoms with Crippen molar-refractivity contribution < 1.29 is 9.53 Å². The maximum atomic E-state index is 11.9. The van der Waals surface area contributed by atoms with Crippen LogP contribution in [0.25, 0.3) is 0 Å². The van der Waals surface area contributed by atoms with Crippen LogP contribution in [0.1, 0.15) is 19.4 Å². The second-order valence-electron chi connectivity index (χ2n) is 5.01. The fraction of sp³-hybridized carbons (Fsp3) is 0.533. The Morgan fingerprint density at radius 3 is 3.00 bits per heavy atom. The zero-order chi connectivity index (χ0) is 13.7. The predicted molar refractivity (Wildman–Crippen MR) is 75.3 cm³/mol. The van der Waals surface area contributed by atoms with Gasteiger partial charge in [0.05, 0.1) is 6.54 Å². The van der Waals surface area contributed by atoms with Gasteiger partial charge in [0.15, 0.2) is 0 Å². The first kappa shape index (κ1) is 13.9. The SMILES string of the molecule is CCNCC(C)C(=O)NCC1Cc2ccccc2O1. The highest BCUT2D eigenvalue weighted by Crippen LogP contribution is 2.27. The summed E-state index contributed by atoms with van der Waals surface area (Å²) in [6, 6.07) is 8.04. The first-order valence-electron chi connectivity index (χ1n) is 6.93. The highest BCUT2D eigenvalue weighted by Gasteiger charge is 2.23. The molecule has 0 saturated carbocycles. The molecule has 19 heavy (non-hydrogen) atoms. The van der Waals surface area contributed by atoms with Crippen molar-refractivity contribution in [3.63, 3.8) is 0 Å². The molecule has 2 N–H and O–H groups in total. The number of rotatable bonds is 6. The number of ether oxygens (including phenoxy) is 1. The average molecular weight is 262 g/mol. The Labute approximate surface area is 114 Å². The number of para-hydroxylation sites is 1. The van der Waals surface area contributed by atoms with Crippen LogP contribution >= 0.6 is 0 Å². The molecule has 1 amide bonds. The molecule has 2 rings (SSSR count). The number of carbonyl (C=O) groups excluding carboxylic acids is 1. The van der Waals surface area contributed by atoms with Crippen LogP contribution in [0.2, 0.25) is 0 Å². The van der Waals surface area contributed by atoms with Crippen molar-refractivity contribution in [1.82, 2.24) is 10.6 Å². The lowest BCUT2D eigenvalue weighted by atomic mass is 10.1. The summed E-state index contributed by atoms with van der Waals surface area (Å²) >= 11 is 0. The van der Waals surface area contributed by atoms with E-state index in [9.17, 15) is 4.79 Å². The van der Waals surface area contributed by atoms with Crippen LogP contribution in [0, 0.1) is 5.92 Å². The van der Waals surface area contributed by atoms with E-state index in [-0.39, 0.29) is 17.9 Å². The van der Waals surface area contributed by atoms with Crippen molar-refractivity contribution in [3.05, 3.63) is 29.8 Å². The Hall–Kier alpha value is -1.55. The molecule has 0 fully saturated rings. The minimum atomic E-state index is -0.0104. The zero-order valence-corrected chi connectivity index (χ0v) is 11.6. The molecule has 2 atom stereocenters. The fourth-order valence-corrected chi connectivity index (χ4v) is 2.21. The average Bonchev–Trinajstić information content (AvgIpc) is 2.84. The molecule has 0 bridgehead atoms. The molecular formula is C15H22N2O2. The van der Waals surface area contributed by atoms with Gasteiger partial charge < -0.3 is 15.4 Å². The van der Waals surface area contributed by atoms with Gasteiger partial charge in [0.1, 0.15) is 11.9 Å². The van der Waals surface area contributed by atoms with E-state index in [1.807, 2.05) is 32.0 Å². The Kier molecular flexibility index (Phi) is 4.80. The molecule has 1 aliphatic heterocycles. The van der Waals surface area contributed by atoms with Crippen molar-refractivity contribution >= 4 is 5.91 Å². The lowest BCUT2D eigenvalue weighted by molar-refractivity contribution is -0.124. The number of carbonyl (C=O) groups is 1. The number of benzene rings is 1. The summed E-state index contributed by atoms with van der Waals surface area (Å²) in [4.78, 5) is 11.9. The minimum absolute atomic E-state index is 0.0104. The molecule has 0 radical (unpaired) electrons. The second-order valence-corrected chi connectivity index (χ2v) is 5.01. The normalized spacial score (nSPS) is 18.5. The third-order valence-corrected chi connectivity index (χ3v) is 3.37. The molecule has 1 aromatic carbocycles. The van der Waals surface area contributed by atoms with E-state index in [1.165, 1.54) is 5.56 Å². The van der Waals surface area contributed by atoms with Gasteiger partial charge in [-0.3, -0.25) is 4.79 Å². The lowest BCUT2D eigenvalue weighted by Gasteiger charge is -2.15. The van der Waals surface area contributed by atoms with Crippen LogP contribution in [0.5, 0.6) is 5.75 Å². The first-order chi connectivity index (χ1) is 9.20. The van der Waals surface area contributed by atoms with Crippen molar-refractivity contribution in [2.24, 2.45) is 5.92 Å². The van der Waals surface area contributed by atoms with Gasteiger partial charge in [0.2, 0.25) is 5.91 Å². The molecule has 104 valence electrons. The van der Waals surface area contributed by atoms with Crippen LogP contribution in [0.3, 0.4) is 0 Å². The first-order valence-corrected chi connectivity index (χ1v) is 6.93. The minimum Gasteiger partial charge on any atom is -0.488 e. The van der Waals surface area contributed by atoms with Gasteiger partial charge in [-0.15, -0.1) is 0 Å². The van der Waals surface area contributed by atoms with Crippen LogP contribution < -0.4 is 15.4 Å². The van der Waals surface area contributed by atoms with E-state index in [1.54, 1.807) is 0 Å². The van der Waals surface area contributed by atoms with Crippen molar-refractivity contribution in [2.75, 3.05) is 19.6 Å². The molecular weight excluding hydrogens is 240 g/mol. The summed E-state index contributed by atoms with van der Waals surface area (Å²) in [5.74, 6) is 1.02. The Morgan fingerprint density at radius 2 is 2.26 bits per heavy atom. The topological polar surface area (TPSA) is 50.4 Å². The summed E-state index contributed by atoms with van der Waals surface area (Å²) < 4.78 is 5.79. The summed E-state index contributed by atoms with van der Waals surface area (Å²) in [6.45, 7) is 6.15. The van der Waals surface area contributed by atoms with E-state index in [0.29, 0.717) is 13.1 Å². The Morgan fingerprint density at radius 1 is 1.47 bits per heavy atom. The molecule has 2 unspecified atom stereocenters. The number of hydrogen-bond acceptors (Lipinski definition) is 3. The molecule has 0 aromatic heterocycles. The summed E-state index contributed by atoms with van der Waals surface area (Å²) in [7, 11) is 0. The van der Waals surface area contributed by atoms with E-state index in [2.05, 4.69) is 16.7 Å². The number of nitrogens with one attached hydrogen (secondary N) is 2. The van der Waals surface area contributed by atoms with Gasteiger partial charge in [-0.1, -0.05) is 32.0 Å². The Bertz CT molecular complexity index is 409. The standard InChI is InChI=1S/C15H22N2O2/c1-3-16-9-11(2)15(18)17-10-13-8-12-6-4-5-7-14(12)19-13/h4-7,11,13,16H,3,8-10H2,1-2H3,(H,17,18). The van der Waals surface area contributed by atoms with Gasteiger partial charge in [-0.2, -0.15) is 0 Å².